The molecule has 0 aromatic rings. The molecule has 0 bridgehead atoms. The lowest BCUT2D eigenvalue weighted by Gasteiger charge is -2.32. The summed E-state index contributed by atoms with van der Waals surface area (Å²) in [4.78, 5) is 0. The van der Waals surface area contributed by atoms with Gasteiger partial charge in [-0.2, -0.15) is 0 Å². The summed E-state index contributed by atoms with van der Waals surface area (Å²) in [6.45, 7) is 4.69. The van der Waals surface area contributed by atoms with Crippen LogP contribution in [-0.2, 0) is 9.47 Å². The first-order valence-electron chi connectivity index (χ1n) is 6.36. The summed E-state index contributed by atoms with van der Waals surface area (Å²) in [7, 11) is 0. The molecule has 0 radical (unpaired) electrons. The van der Waals surface area contributed by atoms with Crippen LogP contribution < -0.4 is 0 Å². The fourth-order valence-electron chi connectivity index (χ4n) is 2.32. The molecule has 1 unspecified atom stereocenters. The van der Waals surface area contributed by atoms with E-state index >= 15 is 0 Å². The standard InChI is InChI=1S/C14H22O2/c1-3-14(2)8-6-12(7-9-14)4-5-13-15-10-11-16-13/h6,10-11,13H,3-5,7-9H2,1-2H3. The molecule has 0 saturated carbocycles. The van der Waals surface area contributed by atoms with Crippen molar-refractivity contribution in [2.24, 2.45) is 5.41 Å². The highest BCUT2D eigenvalue weighted by Gasteiger charge is 2.25. The largest absolute Gasteiger partial charge is 0.459 e. The maximum absolute atomic E-state index is 5.28. The van der Waals surface area contributed by atoms with E-state index in [0.29, 0.717) is 5.41 Å². The molecule has 0 fully saturated rings. The van der Waals surface area contributed by atoms with Gasteiger partial charge in [-0.25, -0.2) is 0 Å². The molecule has 1 aliphatic carbocycles. The molecule has 2 heteroatoms. The minimum absolute atomic E-state index is 0.0413. The minimum Gasteiger partial charge on any atom is -0.459 e. The SMILES string of the molecule is CCC1(C)CC=C(CCC2OC=CO2)CC1. The molecule has 1 atom stereocenters. The van der Waals surface area contributed by atoms with E-state index in [4.69, 9.17) is 9.47 Å². The number of ether oxygens (including phenoxy) is 2. The maximum Gasteiger partial charge on any atom is 0.240 e. The number of hydrogen-bond donors (Lipinski definition) is 0. The predicted octanol–water partition coefficient (Wildman–Crippen LogP) is 4.14. The zero-order valence-electron chi connectivity index (χ0n) is 10.4. The van der Waals surface area contributed by atoms with Crippen LogP contribution in [0, 0.1) is 5.41 Å². The lowest BCUT2D eigenvalue weighted by Crippen LogP contribution is -2.18. The number of hydrogen-bond acceptors (Lipinski definition) is 2. The van der Waals surface area contributed by atoms with Crippen molar-refractivity contribution in [3.8, 4) is 0 Å². The number of allylic oxidation sites excluding steroid dienone is 2. The molecule has 1 aliphatic heterocycles. The third-order valence-corrected chi connectivity index (χ3v) is 4.00. The maximum atomic E-state index is 5.28. The van der Waals surface area contributed by atoms with Gasteiger partial charge in [-0.15, -0.1) is 0 Å². The molecule has 16 heavy (non-hydrogen) atoms. The van der Waals surface area contributed by atoms with Crippen molar-refractivity contribution in [2.75, 3.05) is 0 Å². The fraction of sp³-hybridized carbons (Fsp3) is 0.714. The van der Waals surface area contributed by atoms with E-state index in [2.05, 4.69) is 19.9 Å². The van der Waals surface area contributed by atoms with Crippen LogP contribution in [0.4, 0.5) is 0 Å². The van der Waals surface area contributed by atoms with Crippen molar-refractivity contribution in [1.82, 2.24) is 0 Å². The van der Waals surface area contributed by atoms with E-state index < -0.39 is 0 Å². The second kappa shape index (κ2) is 4.94. The number of rotatable bonds is 4. The van der Waals surface area contributed by atoms with Gasteiger partial charge in [0.1, 0.15) is 12.5 Å². The third-order valence-electron chi connectivity index (χ3n) is 4.00. The topological polar surface area (TPSA) is 18.5 Å². The van der Waals surface area contributed by atoms with Crippen molar-refractivity contribution < 1.29 is 9.47 Å². The summed E-state index contributed by atoms with van der Waals surface area (Å²) < 4.78 is 10.6. The normalized spacial score (nSPS) is 29.8. The van der Waals surface area contributed by atoms with Crippen molar-refractivity contribution in [3.05, 3.63) is 24.2 Å². The molecule has 0 amide bonds. The van der Waals surface area contributed by atoms with E-state index in [1.807, 2.05) is 0 Å². The van der Waals surface area contributed by atoms with Crippen molar-refractivity contribution in [3.63, 3.8) is 0 Å². The summed E-state index contributed by atoms with van der Waals surface area (Å²) in [5.74, 6) is 0. The highest BCUT2D eigenvalue weighted by atomic mass is 16.7. The van der Waals surface area contributed by atoms with E-state index in [9.17, 15) is 0 Å². The predicted molar refractivity (Wildman–Crippen MR) is 64.7 cm³/mol. The highest BCUT2D eigenvalue weighted by molar-refractivity contribution is 5.09. The third kappa shape index (κ3) is 2.81. The monoisotopic (exact) mass is 222 g/mol. The average molecular weight is 222 g/mol. The summed E-state index contributed by atoms with van der Waals surface area (Å²) in [5, 5.41) is 0. The van der Waals surface area contributed by atoms with Gasteiger partial charge in [-0.3, -0.25) is 0 Å². The zero-order valence-corrected chi connectivity index (χ0v) is 10.4. The lowest BCUT2D eigenvalue weighted by atomic mass is 9.74. The summed E-state index contributed by atoms with van der Waals surface area (Å²) in [6, 6.07) is 0. The van der Waals surface area contributed by atoms with Gasteiger partial charge >= 0.3 is 0 Å². The Balaban J connectivity index is 1.75. The summed E-state index contributed by atoms with van der Waals surface area (Å²) in [6.07, 6.45) is 12.9. The zero-order chi connectivity index (χ0) is 11.4. The van der Waals surface area contributed by atoms with Crippen LogP contribution in [0.15, 0.2) is 24.2 Å². The van der Waals surface area contributed by atoms with Crippen LogP contribution in [0.5, 0.6) is 0 Å². The Bertz CT molecular complexity index is 285. The molecule has 90 valence electrons. The van der Waals surface area contributed by atoms with Gasteiger partial charge in [0.05, 0.1) is 0 Å². The molecule has 0 N–H and O–H groups in total. The molecule has 2 nitrogen and oxygen atoms in total. The Hall–Kier alpha value is -0.920. The summed E-state index contributed by atoms with van der Waals surface area (Å²) >= 11 is 0. The van der Waals surface area contributed by atoms with Crippen LogP contribution >= 0.6 is 0 Å². The molecule has 1 heterocycles. The van der Waals surface area contributed by atoms with Crippen LogP contribution in [0.3, 0.4) is 0 Å². The molecule has 0 aromatic heterocycles. The average Bonchev–Trinajstić information content (AvgIpc) is 2.81. The van der Waals surface area contributed by atoms with Gasteiger partial charge in [-0.1, -0.05) is 31.9 Å². The molecule has 2 rings (SSSR count). The minimum atomic E-state index is -0.0413. The highest BCUT2D eigenvalue weighted by Crippen LogP contribution is 2.38. The van der Waals surface area contributed by atoms with Crippen molar-refractivity contribution >= 4 is 0 Å². The van der Waals surface area contributed by atoms with Crippen LogP contribution in [0.1, 0.15) is 52.4 Å². The quantitative estimate of drug-likeness (QED) is 0.666. The van der Waals surface area contributed by atoms with Gasteiger partial charge in [0.25, 0.3) is 0 Å². The van der Waals surface area contributed by atoms with Crippen LogP contribution in [-0.4, -0.2) is 6.29 Å². The fourth-order valence-corrected chi connectivity index (χ4v) is 2.32. The first-order valence-corrected chi connectivity index (χ1v) is 6.36. The first kappa shape index (κ1) is 11.6. The Kier molecular flexibility index (Phi) is 3.57. The molecule has 0 saturated heterocycles. The van der Waals surface area contributed by atoms with Gasteiger partial charge < -0.3 is 9.47 Å². The Morgan fingerprint density at radius 1 is 1.38 bits per heavy atom. The molecule has 0 aromatic carbocycles. The van der Waals surface area contributed by atoms with Crippen LogP contribution in [0.25, 0.3) is 0 Å². The van der Waals surface area contributed by atoms with Gasteiger partial charge in [0.2, 0.25) is 6.29 Å². The van der Waals surface area contributed by atoms with Crippen molar-refractivity contribution in [2.45, 2.75) is 58.7 Å². The van der Waals surface area contributed by atoms with E-state index in [1.165, 1.54) is 25.7 Å². The van der Waals surface area contributed by atoms with Crippen molar-refractivity contribution in [1.29, 1.82) is 0 Å². The Labute approximate surface area is 98.3 Å². The molecule has 2 aliphatic rings. The first-order chi connectivity index (χ1) is 7.72. The lowest BCUT2D eigenvalue weighted by molar-refractivity contribution is -0.0277. The van der Waals surface area contributed by atoms with E-state index in [0.717, 1.165) is 12.8 Å². The summed E-state index contributed by atoms with van der Waals surface area (Å²) in [5.41, 5.74) is 2.14. The smallest absolute Gasteiger partial charge is 0.240 e. The molecule has 0 spiro atoms. The Morgan fingerprint density at radius 3 is 2.69 bits per heavy atom. The molecular formula is C14H22O2. The Morgan fingerprint density at radius 2 is 2.12 bits per heavy atom. The van der Waals surface area contributed by atoms with Gasteiger partial charge in [-0.05, 0) is 31.1 Å². The van der Waals surface area contributed by atoms with Crippen LogP contribution in [0.2, 0.25) is 0 Å². The van der Waals surface area contributed by atoms with Gasteiger partial charge in [0, 0.05) is 6.42 Å². The van der Waals surface area contributed by atoms with E-state index in [1.54, 1.807) is 18.1 Å². The second-order valence-corrected chi connectivity index (χ2v) is 5.24. The molecular weight excluding hydrogens is 200 g/mol. The van der Waals surface area contributed by atoms with E-state index in [-0.39, 0.29) is 6.29 Å². The second-order valence-electron chi connectivity index (χ2n) is 5.24. The van der Waals surface area contributed by atoms with Gasteiger partial charge in [0.15, 0.2) is 0 Å².